The molecule has 0 aromatic carbocycles. The average molecular weight is 1670 g/mol. The highest BCUT2D eigenvalue weighted by molar-refractivity contribution is 5.46. The zero-order chi connectivity index (χ0) is 80.6. The van der Waals surface area contributed by atoms with Gasteiger partial charge in [0.1, 0.15) is 0 Å². The van der Waals surface area contributed by atoms with Crippen molar-refractivity contribution in [3.05, 3.63) is 0 Å². The molecule has 126 heavy (non-hydrogen) atoms. The van der Waals surface area contributed by atoms with Gasteiger partial charge < -0.3 is 0 Å². The van der Waals surface area contributed by atoms with Crippen LogP contribution in [0.25, 0.3) is 0 Å². The molecule has 0 aromatic heterocycles. The van der Waals surface area contributed by atoms with Crippen molar-refractivity contribution in [3.63, 3.8) is 0 Å². The monoisotopic (exact) mass is 1670 g/mol. The molecule has 43 aliphatic rings. The third-order valence-electron chi connectivity index (χ3n) is 69.9. The Hall–Kier alpha value is -0.880. The summed E-state index contributed by atoms with van der Waals surface area (Å²) in [5.74, 6) is 125. The zero-order valence-electron chi connectivity index (χ0n) is 79.8. The van der Waals surface area contributed by atoms with Crippen LogP contribution < -0.4 is 0 Å². The molecular weight excluding hydrogens is 1510 g/mol. The maximum absolute atomic E-state index is 4.87. The van der Waals surface area contributed by atoms with Crippen LogP contribution in [0.5, 0.6) is 0 Å². The van der Waals surface area contributed by atoms with E-state index in [9.17, 15) is 0 Å². The Morgan fingerprint density at radius 2 is 0.238 bits per heavy atom. The number of hydrogen-bond acceptors (Lipinski definition) is 0. The molecule has 0 nitrogen and oxygen atoms in total. The van der Waals surface area contributed by atoms with Crippen molar-refractivity contribution in [1.82, 2.24) is 0 Å². The molecule has 43 aliphatic carbocycles. The number of rotatable bonds is 0. The molecule has 664 valence electrons. The van der Waals surface area contributed by atoms with Gasteiger partial charge in [0.25, 0.3) is 0 Å². The molecule has 0 aliphatic heterocycles. The van der Waals surface area contributed by atoms with E-state index in [1.807, 2.05) is 0 Å². The molecule has 0 radical (unpaired) electrons. The normalized spacial score (nSPS) is 86.9. The first-order valence-corrected chi connectivity index (χ1v) is 60.5. The van der Waals surface area contributed by atoms with Gasteiger partial charge >= 0.3 is 0 Å². The van der Waals surface area contributed by atoms with E-state index in [0.29, 0.717) is 11.8 Å². The number of hydrogen-bond donors (Lipinski definition) is 0. The molecule has 0 aromatic rings. The van der Waals surface area contributed by atoms with Crippen molar-refractivity contribution in [1.29, 1.82) is 0 Å². The first-order chi connectivity index (χ1) is 61.5. The summed E-state index contributed by atoms with van der Waals surface area (Å²) >= 11 is 0. The molecule has 0 spiro atoms. The van der Waals surface area contributed by atoms with Crippen molar-refractivity contribution in [3.8, 4) is 23.7 Å². The Morgan fingerprint density at radius 1 is 0.103 bits per heavy atom. The van der Waals surface area contributed by atoms with E-state index in [-0.39, 0.29) is 0 Å². The molecule has 43 rings (SSSR count). The highest BCUT2D eigenvalue weighted by Crippen LogP contribution is 3.02. The SMILES string of the molecule is CC1CC2C3CC4C(C)C(C#CC#CC5C(C)C6CC7C8CC9C%10C%11C(C)C%12C(C)C%13C(C)C%14C(C)C%15C(C)C%16C(C)C%17C%18C%19CC%20C%21CC5C5C6C6C7C7C8C8C9C%10C9C(C%12%11)C%13C%10C%14C%11C%15C(C%16%17)C%12C%18C%19C%13C%20C%14C%21C5C6C5C7C6C8C9C%10C7C%11C%12C%13C(C%145)C67)C5CC6C7CC(C)C(C)C8C(C)C9C(C)C%10C(C)C(C1C)C2C1C3C2C4C5C3C6C(C78)C9C(C%101)C23. The van der Waals surface area contributed by atoms with Crippen LogP contribution in [0.4, 0.5) is 0 Å². The van der Waals surface area contributed by atoms with E-state index < -0.39 is 0 Å². The van der Waals surface area contributed by atoms with Crippen LogP contribution in [-0.2, 0) is 0 Å². The molecule has 0 heteroatoms. The molecule has 0 bridgehead atoms. The second kappa shape index (κ2) is 19.8. The third kappa shape index (κ3) is 5.73. The average Bonchev–Trinajstić information content (AvgIpc) is 1.07. The van der Waals surface area contributed by atoms with Crippen LogP contribution >= 0.6 is 0 Å². The maximum Gasteiger partial charge on any atom is 0.0272 e. The fourth-order valence-electron chi connectivity index (χ4n) is 73.6. The minimum Gasteiger partial charge on any atom is -0.0851 e. The summed E-state index contributed by atoms with van der Waals surface area (Å²) in [6.07, 6.45) is 13.5. The van der Waals surface area contributed by atoms with E-state index in [1.165, 1.54) is 166 Å². The van der Waals surface area contributed by atoms with E-state index in [2.05, 4.69) is 116 Å². The van der Waals surface area contributed by atoms with Gasteiger partial charge in [-0.2, -0.15) is 0 Å². The predicted molar refractivity (Wildman–Crippen MR) is 483 cm³/mol. The summed E-state index contributed by atoms with van der Waals surface area (Å²) in [6, 6.07) is 0. The Balaban J connectivity index is 0.492. The van der Waals surface area contributed by atoms with Gasteiger partial charge in [-0.05, 0) is 637 Å². The van der Waals surface area contributed by atoms with E-state index >= 15 is 0 Å². The highest BCUT2D eigenvalue weighted by Gasteiger charge is 2.98. The minimum atomic E-state index is 0.597. The molecule has 0 N–H and O–H groups in total. The Kier molecular flexibility index (Phi) is 10.9. The summed E-state index contributed by atoms with van der Waals surface area (Å²) < 4.78 is 0. The van der Waals surface area contributed by atoms with Crippen molar-refractivity contribution >= 4 is 0 Å². The second-order valence-corrected chi connectivity index (χ2v) is 65.2. The summed E-state index contributed by atoms with van der Waals surface area (Å²) in [4.78, 5) is 0. The summed E-state index contributed by atoms with van der Waals surface area (Å²) in [5, 5.41) is 0. The van der Waals surface area contributed by atoms with Gasteiger partial charge in [-0.15, -0.1) is 0 Å². The van der Waals surface area contributed by atoms with Gasteiger partial charge in [0.15, 0.2) is 0 Å². The first kappa shape index (κ1) is 69.0. The van der Waals surface area contributed by atoms with Gasteiger partial charge in [0, 0.05) is 11.8 Å². The topological polar surface area (TPSA) is 0 Å². The Morgan fingerprint density at radius 3 is 0.476 bits per heavy atom. The summed E-state index contributed by atoms with van der Waals surface area (Å²) in [5.41, 5.74) is 0. The largest absolute Gasteiger partial charge is 0.0851 e. The summed E-state index contributed by atoms with van der Waals surface area (Å²) in [6.45, 7) is 45.1. The van der Waals surface area contributed by atoms with Gasteiger partial charge in [-0.1, -0.05) is 116 Å². The van der Waals surface area contributed by atoms with Gasteiger partial charge in [0.05, 0.1) is 0 Å². The fourth-order valence-corrected chi connectivity index (χ4v) is 73.6. The molecule has 99 unspecified atom stereocenters. The number of fused-ring (bicyclic) bond motifs is 8. The quantitative estimate of drug-likeness (QED) is 0.212. The Bertz CT molecular complexity index is 5340. The van der Waals surface area contributed by atoms with Gasteiger partial charge in [-0.3, -0.25) is 0 Å². The van der Waals surface area contributed by atoms with Crippen molar-refractivity contribution in [2.24, 2.45) is 586 Å². The lowest BCUT2D eigenvalue weighted by atomic mass is 9.11. The molecule has 43 fully saturated rings. The summed E-state index contributed by atoms with van der Waals surface area (Å²) in [7, 11) is 0. The smallest absolute Gasteiger partial charge is 0.0272 e. The zero-order valence-corrected chi connectivity index (χ0v) is 79.8. The molecule has 43 saturated carbocycles. The van der Waals surface area contributed by atoms with Crippen LogP contribution in [0.2, 0.25) is 0 Å². The lowest BCUT2D eigenvalue weighted by Crippen LogP contribution is -2.90. The van der Waals surface area contributed by atoms with E-state index in [4.69, 9.17) is 11.8 Å². The maximum atomic E-state index is 4.87. The molecule has 0 saturated heterocycles. The standard InChI is InChI=1S/C126H160/c1-28-20-47-51-22-45-32(5)43(49-24-53-48-21-29(2)31(4)60-35(8)62-36(9)61-34(7)59(30(28)3)72(47)95-76(51)93-70(45)74(49)97-78(53)96(73(48)60)89(62)107(88(61)95)110(93)97)18-16-17-19-44-33(6)46-23-52-55-26-57-82-68-41(14)66-39(12)64-37(10)63-38(11)65-40(13)67-42(15)69-83-58-27-56-54-25-50(44)75-71(46)94-77(52)99-80(55)101-84(57)103(82)116-105(86(66)68)90(64)108-92(63)109-91(65)106(87(67)69)117-104(83)85(58)102-81(56)100-79(54)98(75)111(94)120-112(99)121-114(101)123(116)118(108)125-119(109)124(117)115(102)122(113(100)120)126(121)125/h28-126H,20-27H2,1-15H3. The van der Waals surface area contributed by atoms with E-state index in [1.54, 1.807) is 51.4 Å². The van der Waals surface area contributed by atoms with Gasteiger partial charge in [0.2, 0.25) is 0 Å². The van der Waals surface area contributed by atoms with Crippen LogP contribution in [0, 0.1) is 610 Å². The van der Waals surface area contributed by atoms with Crippen molar-refractivity contribution in [2.75, 3.05) is 0 Å². The third-order valence-corrected chi connectivity index (χ3v) is 69.9. The van der Waals surface area contributed by atoms with Crippen molar-refractivity contribution in [2.45, 2.75) is 155 Å². The fraction of sp³-hybridized carbons (Fsp3) is 0.968. The highest BCUT2D eigenvalue weighted by atomic mass is 15.0. The van der Waals surface area contributed by atoms with Crippen LogP contribution in [0.1, 0.15) is 155 Å². The lowest BCUT2D eigenvalue weighted by Gasteiger charge is -2.93. The van der Waals surface area contributed by atoms with Crippen LogP contribution in [-0.4, -0.2) is 0 Å². The minimum absolute atomic E-state index is 0.597. The lowest BCUT2D eigenvalue weighted by molar-refractivity contribution is -0.465. The van der Waals surface area contributed by atoms with Crippen molar-refractivity contribution < 1.29 is 0 Å². The first-order valence-electron chi connectivity index (χ1n) is 60.5. The molecule has 0 heterocycles. The van der Waals surface area contributed by atoms with Crippen LogP contribution in [0.3, 0.4) is 0 Å². The molecular formula is C126H160. The van der Waals surface area contributed by atoms with Gasteiger partial charge in [-0.25, -0.2) is 0 Å². The predicted octanol–water partition coefficient (Wildman–Crippen LogP) is 23.0. The molecule has 0 amide bonds. The Labute approximate surface area is 759 Å². The van der Waals surface area contributed by atoms with E-state index in [0.717, 1.165) is 408 Å². The second-order valence-electron chi connectivity index (χ2n) is 65.2. The molecule has 99 atom stereocenters. The van der Waals surface area contributed by atoms with Crippen LogP contribution in [0.15, 0.2) is 0 Å².